The molecule has 3 rings (SSSR count). The van der Waals surface area contributed by atoms with Crippen LogP contribution in [0, 0.1) is 0 Å². The van der Waals surface area contributed by atoms with Gasteiger partial charge in [-0.25, -0.2) is 0 Å². The quantitative estimate of drug-likeness (QED) is 0.490. The number of rotatable bonds is 2. The Kier molecular flexibility index (Phi) is 4.20. The lowest BCUT2D eigenvalue weighted by Crippen LogP contribution is -2.33. The molecule has 0 unspecified atom stereocenters. The fourth-order valence-corrected chi connectivity index (χ4v) is 6.66. The van der Waals surface area contributed by atoms with Gasteiger partial charge in [-0.05, 0) is 24.3 Å². The van der Waals surface area contributed by atoms with Crippen molar-refractivity contribution in [2.24, 2.45) is 0 Å². The van der Waals surface area contributed by atoms with Crippen LogP contribution in [0.4, 0.5) is 26.3 Å². The van der Waals surface area contributed by atoms with Crippen LogP contribution in [0.5, 0.6) is 11.5 Å². The molecule has 0 atom stereocenters. The average molecular weight is 418 g/mol. The molecule has 0 bridgehead atoms. The van der Waals surface area contributed by atoms with Crippen LogP contribution in [-0.2, 0) is 13.7 Å². The van der Waals surface area contributed by atoms with E-state index in [-0.39, 0.29) is 0 Å². The zero-order valence-corrected chi connectivity index (χ0v) is 14.0. The van der Waals surface area contributed by atoms with Crippen molar-refractivity contribution in [3.63, 3.8) is 0 Å². The summed E-state index contributed by atoms with van der Waals surface area (Å²) in [7, 11) is -11.7. The van der Waals surface area contributed by atoms with Gasteiger partial charge < -0.3 is 4.74 Å². The van der Waals surface area contributed by atoms with E-state index < -0.39 is 52.7 Å². The van der Waals surface area contributed by atoms with E-state index >= 15 is 0 Å². The topological polar surface area (TPSA) is 52.6 Å². The summed E-state index contributed by atoms with van der Waals surface area (Å²) in [6.07, 6.45) is 0. The van der Waals surface area contributed by atoms with Crippen LogP contribution in [0.25, 0.3) is 0 Å². The van der Waals surface area contributed by atoms with E-state index in [1.54, 1.807) is 0 Å². The van der Waals surface area contributed by atoms with Gasteiger partial charge in [0.15, 0.2) is 0 Å². The number of ether oxygens (including phenoxy) is 1. The van der Waals surface area contributed by atoms with Crippen LogP contribution in [0.15, 0.2) is 58.3 Å². The predicted octanol–water partition coefficient (Wildman–Crippen LogP) is 5.32. The molecular weight excluding hydrogens is 410 g/mol. The fourth-order valence-electron chi connectivity index (χ4n) is 2.32. The molecule has 1 aliphatic heterocycles. The molecule has 0 N–H and O–H groups in total. The summed E-state index contributed by atoms with van der Waals surface area (Å²) in [6.45, 7) is 0. The standard InChI is InChI=1S/C14H8F6O4S2/c15-13(16,17)25(24-26(21,22)14(18,19)20)11-7-3-1-5-9(11)23-10-6-2-4-8-12(10)25/h1-8H. The molecule has 0 saturated heterocycles. The van der Waals surface area contributed by atoms with Crippen LogP contribution < -0.4 is 4.74 Å². The molecule has 26 heavy (non-hydrogen) atoms. The van der Waals surface area contributed by atoms with Gasteiger partial charge in [-0.15, -0.1) is 0 Å². The molecule has 0 fully saturated rings. The lowest BCUT2D eigenvalue weighted by Gasteiger charge is -2.43. The molecular formula is C14H8F6O4S2. The number of benzene rings is 2. The Balaban J connectivity index is 2.39. The molecule has 2 aromatic carbocycles. The monoisotopic (exact) mass is 418 g/mol. The Morgan fingerprint density at radius 3 is 1.62 bits per heavy atom. The summed E-state index contributed by atoms with van der Waals surface area (Å²) >= 11 is 0. The summed E-state index contributed by atoms with van der Waals surface area (Å²) in [5, 5.41) is 0. The van der Waals surface area contributed by atoms with Crippen molar-refractivity contribution in [3.8, 4) is 11.5 Å². The minimum atomic E-state index is -6.56. The lowest BCUT2D eigenvalue weighted by molar-refractivity contribution is -0.0553. The smallest absolute Gasteiger partial charge is 0.455 e. The predicted molar refractivity (Wildman–Crippen MR) is 79.2 cm³/mol. The minimum absolute atomic E-state index is 0.434. The highest BCUT2D eigenvalue weighted by atomic mass is 32.3. The Morgan fingerprint density at radius 1 is 0.808 bits per heavy atom. The van der Waals surface area contributed by atoms with Crippen molar-refractivity contribution < 1.29 is 43.1 Å². The molecule has 4 nitrogen and oxygen atoms in total. The average Bonchev–Trinajstić information content (AvgIpc) is 2.52. The molecule has 0 aromatic heterocycles. The zero-order valence-electron chi connectivity index (χ0n) is 12.3. The number of alkyl halides is 6. The van der Waals surface area contributed by atoms with Gasteiger partial charge in [0.05, 0.1) is 9.79 Å². The third-order valence-electron chi connectivity index (χ3n) is 3.34. The second kappa shape index (κ2) is 5.79. The van der Waals surface area contributed by atoms with Crippen LogP contribution in [-0.4, -0.2) is 19.4 Å². The normalized spacial score (nSPS) is 17.6. The van der Waals surface area contributed by atoms with Gasteiger partial charge in [0, 0.05) is 10.3 Å². The van der Waals surface area contributed by atoms with Gasteiger partial charge in [-0.3, -0.25) is 0 Å². The number of hydrogen-bond donors (Lipinski definition) is 0. The molecule has 1 heterocycles. The maximum atomic E-state index is 14.1. The van der Waals surface area contributed by atoms with Crippen molar-refractivity contribution >= 4 is 20.4 Å². The van der Waals surface area contributed by atoms with E-state index in [9.17, 15) is 34.8 Å². The first-order chi connectivity index (χ1) is 11.9. The minimum Gasteiger partial charge on any atom is -0.455 e. The Bertz CT molecular complexity index is 907. The van der Waals surface area contributed by atoms with Crippen LogP contribution in [0.3, 0.4) is 0 Å². The third-order valence-corrected chi connectivity index (χ3v) is 8.00. The van der Waals surface area contributed by atoms with Gasteiger partial charge in [0.1, 0.15) is 11.5 Å². The van der Waals surface area contributed by atoms with Crippen LogP contribution in [0.1, 0.15) is 0 Å². The summed E-state index contributed by atoms with van der Waals surface area (Å²) < 4.78 is 113. The summed E-state index contributed by atoms with van der Waals surface area (Å²) in [4.78, 5) is -1.64. The molecule has 0 radical (unpaired) electrons. The second-order valence-electron chi connectivity index (χ2n) is 4.97. The molecule has 0 amide bonds. The number of fused-ring (bicyclic) bond motifs is 2. The largest absolute Gasteiger partial charge is 0.523 e. The summed E-state index contributed by atoms with van der Waals surface area (Å²) in [6, 6.07) is 8.67. The van der Waals surface area contributed by atoms with Crippen molar-refractivity contribution in [2.45, 2.75) is 20.8 Å². The maximum absolute atomic E-state index is 14.1. The number of halogens is 6. The van der Waals surface area contributed by atoms with Gasteiger partial charge in [0.25, 0.3) is 0 Å². The molecule has 0 aliphatic carbocycles. The van der Waals surface area contributed by atoms with Crippen molar-refractivity contribution in [2.75, 3.05) is 0 Å². The number of hydrogen-bond acceptors (Lipinski definition) is 4. The molecule has 142 valence electrons. The first-order valence-electron chi connectivity index (χ1n) is 6.68. The second-order valence-corrected chi connectivity index (χ2v) is 9.34. The Labute approximate surface area is 145 Å². The Hall–Kier alpha value is -1.92. The molecule has 0 spiro atoms. The zero-order chi connectivity index (χ0) is 19.4. The number of para-hydroxylation sites is 2. The van der Waals surface area contributed by atoms with E-state index in [1.165, 1.54) is 12.1 Å². The van der Waals surface area contributed by atoms with E-state index in [4.69, 9.17) is 4.74 Å². The first kappa shape index (κ1) is 18.9. The van der Waals surface area contributed by atoms with Crippen molar-refractivity contribution in [1.29, 1.82) is 0 Å². The maximum Gasteiger partial charge on any atom is 0.523 e. The van der Waals surface area contributed by atoms with Crippen molar-refractivity contribution in [3.05, 3.63) is 48.5 Å². The fraction of sp³-hybridized carbons (Fsp3) is 0.143. The SMILES string of the molecule is O=S(=O)(OS1(C(F)(F)F)c2ccccc2Oc2ccccc21)C(F)(F)F. The molecule has 12 heteroatoms. The van der Waals surface area contributed by atoms with Gasteiger partial charge in [-0.1, -0.05) is 24.3 Å². The van der Waals surface area contributed by atoms with Gasteiger partial charge >= 0.3 is 21.1 Å². The Morgan fingerprint density at radius 2 is 1.23 bits per heavy atom. The first-order valence-corrected chi connectivity index (χ1v) is 9.65. The van der Waals surface area contributed by atoms with Crippen LogP contribution >= 0.6 is 10.3 Å². The summed E-state index contributed by atoms with van der Waals surface area (Å²) in [5.74, 6) is -0.869. The highest BCUT2D eigenvalue weighted by Gasteiger charge is 2.64. The molecule has 0 saturated carbocycles. The highest BCUT2D eigenvalue weighted by molar-refractivity contribution is 8.34. The van der Waals surface area contributed by atoms with Gasteiger partial charge in [-0.2, -0.15) is 38.4 Å². The van der Waals surface area contributed by atoms with Crippen molar-refractivity contribution in [1.82, 2.24) is 0 Å². The van der Waals surface area contributed by atoms with Gasteiger partial charge in [0.2, 0.25) is 0 Å². The summed E-state index contributed by atoms with van der Waals surface area (Å²) in [5.41, 5.74) is -11.5. The highest BCUT2D eigenvalue weighted by Crippen LogP contribution is 2.79. The molecule has 1 aliphatic rings. The van der Waals surface area contributed by atoms with Crippen LogP contribution in [0.2, 0.25) is 0 Å². The van der Waals surface area contributed by atoms with E-state index in [0.29, 0.717) is 0 Å². The third kappa shape index (κ3) is 2.72. The van der Waals surface area contributed by atoms with E-state index in [1.807, 2.05) is 0 Å². The van der Waals surface area contributed by atoms with E-state index in [0.717, 1.165) is 36.4 Å². The lowest BCUT2D eigenvalue weighted by atomic mass is 10.3. The molecule has 2 aromatic rings. The van der Waals surface area contributed by atoms with E-state index in [2.05, 4.69) is 3.63 Å².